The van der Waals surface area contributed by atoms with Gasteiger partial charge in [-0.3, -0.25) is 4.98 Å². The summed E-state index contributed by atoms with van der Waals surface area (Å²) in [6.45, 7) is 4.10. The van der Waals surface area contributed by atoms with Crippen molar-refractivity contribution in [2.45, 2.75) is 24.6 Å². The van der Waals surface area contributed by atoms with Crippen molar-refractivity contribution in [1.82, 2.24) is 15.0 Å². The highest BCUT2D eigenvalue weighted by atomic mass is 32.2. The van der Waals surface area contributed by atoms with E-state index in [-0.39, 0.29) is 0 Å². The molecule has 3 nitrogen and oxygen atoms in total. The predicted molar refractivity (Wildman–Crippen MR) is 90.7 cm³/mol. The van der Waals surface area contributed by atoms with Crippen molar-refractivity contribution in [3.63, 3.8) is 0 Å². The largest absolute Gasteiger partial charge is 0.253 e. The number of thioether (sulfide) groups is 1. The molecule has 4 heteroatoms. The van der Waals surface area contributed by atoms with E-state index >= 15 is 0 Å². The van der Waals surface area contributed by atoms with Crippen LogP contribution in [0.3, 0.4) is 0 Å². The van der Waals surface area contributed by atoms with Crippen LogP contribution in [-0.4, -0.2) is 15.0 Å². The predicted octanol–water partition coefficient (Wildman–Crippen LogP) is 4.45. The first-order valence-corrected chi connectivity index (χ1v) is 8.15. The molecule has 0 saturated carbocycles. The molecule has 2 heterocycles. The lowest BCUT2D eigenvalue weighted by molar-refractivity contribution is 1.00. The first-order valence-electron chi connectivity index (χ1n) is 7.16. The number of hydrogen-bond acceptors (Lipinski definition) is 4. The van der Waals surface area contributed by atoms with E-state index in [4.69, 9.17) is 0 Å². The van der Waals surface area contributed by atoms with Crippen LogP contribution in [0.25, 0.3) is 11.5 Å². The zero-order valence-corrected chi connectivity index (χ0v) is 13.5. The van der Waals surface area contributed by atoms with Gasteiger partial charge in [-0.2, -0.15) is 0 Å². The van der Waals surface area contributed by atoms with Gasteiger partial charge in [0.2, 0.25) is 0 Å². The van der Waals surface area contributed by atoms with Crippen LogP contribution in [0.4, 0.5) is 0 Å². The molecule has 3 aromatic rings. The normalized spacial score (nSPS) is 10.6. The molecule has 2 aromatic heterocycles. The number of pyridine rings is 1. The summed E-state index contributed by atoms with van der Waals surface area (Å²) in [5.74, 6) is 1.59. The first-order chi connectivity index (χ1) is 10.7. The van der Waals surface area contributed by atoms with E-state index < -0.39 is 0 Å². The Kier molecular flexibility index (Phi) is 4.49. The number of aromatic nitrogens is 3. The monoisotopic (exact) mass is 307 g/mol. The minimum Gasteiger partial charge on any atom is -0.253 e. The van der Waals surface area contributed by atoms with E-state index in [0.29, 0.717) is 5.82 Å². The Bertz CT molecular complexity index is 772. The van der Waals surface area contributed by atoms with Crippen LogP contribution >= 0.6 is 11.8 Å². The lowest BCUT2D eigenvalue weighted by Gasteiger charge is -2.06. The molecule has 0 saturated heterocycles. The molecular formula is C18H17N3S. The molecule has 0 radical (unpaired) electrons. The Hall–Kier alpha value is -2.20. The van der Waals surface area contributed by atoms with Crippen molar-refractivity contribution in [2.24, 2.45) is 0 Å². The summed E-state index contributed by atoms with van der Waals surface area (Å²) in [5.41, 5.74) is 4.36. The number of aryl methyl sites for hydroxylation is 2. The minimum absolute atomic E-state index is 0.687. The fraction of sp³-hybridized carbons (Fsp3) is 0.167. The van der Waals surface area contributed by atoms with Crippen LogP contribution < -0.4 is 0 Å². The number of benzene rings is 1. The van der Waals surface area contributed by atoms with Gasteiger partial charge in [0, 0.05) is 17.6 Å². The van der Waals surface area contributed by atoms with Gasteiger partial charge >= 0.3 is 0 Å². The number of nitrogens with zero attached hydrogens (tertiary/aromatic N) is 3. The molecule has 0 N–H and O–H groups in total. The molecule has 0 spiro atoms. The minimum atomic E-state index is 0.687. The van der Waals surface area contributed by atoms with Crippen molar-refractivity contribution >= 4 is 11.8 Å². The lowest BCUT2D eigenvalue weighted by Crippen LogP contribution is -1.95. The molecule has 0 aliphatic carbocycles. The summed E-state index contributed by atoms with van der Waals surface area (Å²) in [7, 11) is 0. The van der Waals surface area contributed by atoms with Crippen molar-refractivity contribution in [1.29, 1.82) is 0 Å². The van der Waals surface area contributed by atoms with Crippen LogP contribution in [0.5, 0.6) is 0 Å². The smallest absolute Gasteiger partial charge is 0.179 e. The van der Waals surface area contributed by atoms with Crippen molar-refractivity contribution in [2.75, 3.05) is 0 Å². The third kappa shape index (κ3) is 3.71. The van der Waals surface area contributed by atoms with Crippen LogP contribution in [0.1, 0.15) is 16.8 Å². The molecule has 1 aromatic carbocycles. The third-order valence-corrected chi connectivity index (χ3v) is 4.18. The van der Waals surface area contributed by atoms with Crippen LogP contribution in [0.2, 0.25) is 0 Å². The van der Waals surface area contributed by atoms with Crippen LogP contribution in [0, 0.1) is 13.8 Å². The zero-order chi connectivity index (χ0) is 15.4. The molecule has 0 amide bonds. The molecule has 22 heavy (non-hydrogen) atoms. The van der Waals surface area contributed by atoms with E-state index in [1.807, 2.05) is 31.2 Å². The van der Waals surface area contributed by atoms with Gasteiger partial charge < -0.3 is 0 Å². The first kappa shape index (κ1) is 14.7. The van der Waals surface area contributed by atoms with Crippen LogP contribution in [-0.2, 0) is 5.75 Å². The number of hydrogen-bond donors (Lipinski definition) is 0. The van der Waals surface area contributed by atoms with Crippen molar-refractivity contribution in [3.8, 4) is 11.5 Å². The van der Waals surface area contributed by atoms with Gasteiger partial charge in [0.15, 0.2) is 5.82 Å². The van der Waals surface area contributed by atoms with Gasteiger partial charge in [0.25, 0.3) is 0 Å². The zero-order valence-electron chi connectivity index (χ0n) is 12.7. The van der Waals surface area contributed by atoms with Gasteiger partial charge in [0.05, 0.1) is 0 Å². The highest BCUT2D eigenvalue weighted by Gasteiger charge is 2.06. The highest BCUT2D eigenvalue weighted by molar-refractivity contribution is 7.98. The molecule has 3 rings (SSSR count). The Morgan fingerprint density at radius 3 is 2.64 bits per heavy atom. The van der Waals surface area contributed by atoms with Gasteiger partial charge in [-0.1, -0.05) is 35.9 Å². The fourth-order valence-electron chi connectivity index (χ4n) is 2.18. The second-order valence-corrected chi connectivity index (χ2v) is 6.16. The van der Waals surface area contributed by atoms with E-state index in [0.717, 1.165) is 22.2 Å². The maximum Gasteiger partial charge on any atom is 0.179 e. The third-order valence-electron chi connectivity index (χ3n) is 3.19. The summed E-state index contributed by atoms with van der Waals surface area (Å²) < 4.78 is 0. The topological polar surface area (TPSA) is 38.7 Å². The summed E-state index contributed by atoms with van der Waals surface area (Å²) in [5, 5.41) is 0.981. The van der Waals surface area contributed by atoms with Crippen molar-refractivity contribution < 1.29 is 0 Å². The molecule has 0 unspecified atom stereocenters. The SMILES string of the molecule is Cc1cccc(CSc2cc(C)nc(-c3ccccn3)n2)c1. The molecular weight excluding hydrogens is 290 g/mol. The van der Waals surface area contributed by atoms with E-state index in [1.54, 1.807) is 18.0 Å². The van der Waals surface area contributed by atoms with Gasteiger partial charge in [0.1, 0.15) is 10.7 Å². The highest BCUT2D eigenvalue weighted by Crippen LogP contribution is 2.24. The Balaban J connectivity index is 1.81. The van der Waals surface area contributed by atoms with E-state index in [9.17, 15) is 0 Å². The second-order valence-electron chi connectivity index (χ2n) is 5.16. The van der Waals surface area contributed by atoms with E-state index in [1.165, 1.54) is 11.1 Å². The lowest BCUT2D eigenvalue weighted by atomic mass is 10.2. The summed E-state index contributed by atoms with van der Waals surface area (Å²) in [6.07, 6.45) is 1.76. The van der Waals surface area contributed by atoms with Gasteiger partial charge in [-0.05, 0) is 37.6 Å². The molecule has 0 bridgehead atoms. The fourth-order valence-corrected chi connectivity index (χ4v) is 3.08. The molecule has 0 fully saturated rings. The average molecular weight is 307 g/mol. The van der Waals surface area contributed by atoms with Crippen LogP contribution in [0.15, 0.2) is 59.8 Å². The molecule has 0 aliphatic rings. The van der Waals surface area contributed by atoms with E-state index in [2.05, 4.69) is 46.1 Å². The molecule has 110 valence electrons. The van der Waals surface area contributed by atoms with Crippen molar-refractivity contribution in [3.05, 3.63) is 71.5 Å². The summed E-state index contributed by atoms with van der Waals surface area (Å²) >= 11 is 1.73. The molecule has 0 atom stereocenters. The maximum absolute atomic E-state index is 4.63. The number of rotatable bonds is 4. The van der Waals surface area contributed by atoms with Gasteiger partial charge in [-0.15, -0.1) is 11.8 Å². The quantitative estimate of drug-likeness (QED) is 0.527. The second kappa shape index (κ2) is 6.71. The van der Waals surface area contributed by atoms with Gasteiger partial charge in [-0.25, -0.2) is 9.97 Å². The Morgan fingerprint density at radius 1 is 0.955 bits per heavy atom. The molecule has 0 aliphatic heterocycles. The summed E-state index contributed by atoms with van der Waals surface area (Å²) in [6, 6.07) is 16.4. The summed E-state index contributed by atoms with van der Waals surface area (Å²) in [4.78, 5) is 13.4. The Labute approximate surface area is 134 Å². The average Bonchev–Trinajstić information content (AvgIpc) is 2.53. The Morgan fingerprint density at radius 2 is 1.86 bits per heavy atom. The standard InChI is InChI=1S/C18H17N3S/c1-13-6-5-7-15(10-13)12-22-17-11-14(2)20-18(21-17)16-8-3-4-9-19-16/h3-11H,12H2,1-2H3. The maximum atomic E-state index is 4.63.